The largest absolute Gasteiger partial charge is 0.245 e. The lowest BCUT2D eigenvalue weighted by Gasteiger charge is -2.00. The molecule has 0 amide bonds. The summed E-state index contributed by atoms with van der Waals surface area (Å²) in [5.41, 5.74) is 4.42. The molecule has 0 saturated carbocycles. The van der Waals surface area contributed by atoms with Crippen molar-refractivity contribution in [3.8, 4) is 11.3 Å². The van der Waals surface area contributed by atoms with Crippen molar-refractivity contribution < 1.29 is 0 Å². The molecule has 0 spiro atoms. The summed E-state index contributed by atoms with van der Waals surface area (Å²) in [5.74, 6) is 0. The van der Waals surface area contributed by atoms with E-state index in [-0.39, 0.29) is 0 Å². The van der Waals surface area contributed by atoms with Crippen molar-refractivity contribution in [1.29, 1.82) is 0 Å². The van der Waals surface area contributed by atoms with Gasteiger partial charge in [-0.25, -0.2) is 9.97 Å². The molecule has 2 nitrogen and oxygen atoms in total. The predicted molar refractivity (Wildman–Crippen MR) is 82.8 cm³/mol. The number of benzene rings is 2. The lowest BCUT2D eigenvalue weighted by atomic mass is 10.1. The molecule has 0 radical (unpaired) electrons. The van der Waals surface area contributed by atoms with E-state index >= 15 is 0 Å². The topological polar surface area (TPSA) is 25.8 Å². The van der Waals surface area contributed by atoms with Crippen LogP contribution in [0.5, 0.6) is 0 Å². The van der Waals surface area contributed by atoms with Gasteiger partial charge in [0.05, 0.1) is 5.69 Å². The van der Waals surface area contributed by atoms with Crippen molar-refractivity contribution in [2.45, 2.75) is 0 Å². The molecule has 0 aliphatic carbocycles. The van der Waals surface area contributed by atoms with E-state index < -0.39 is 0 Å². The van der Waals surface area contributed by atoms with Crippen LogP contribution in [-0.2, 0) is 0 Å². The Labute approximate surface area is 118 Å². The minimum atomic E-state index is 0.943. The summed E-state index contributed by atoms with van der Waals surface area (Å²) in [6.45, 7) is 0. The highest BCUT2D eigenvalue weighted by molar-refractivity contribution is 5.71. The zero-order chi connectivity index (χ0) is 13.6. The van der Waals surface area contributed by atoms with Crippen molar-refractivity contribution in [2.24, 2.45) is 0 Å². The molecule has 0 aliphatic heterocycles. The first-order valence-corrected chi connectivity index (χ1v) is 6.51. The molecule has 2 heteroatoms. The molecule has 0 fully saturated rings. The quantitative estimate of drug-likeness (QED) is 0.654. The first-order chi connectivity index (χ1) is 9.92. The van der Waals surface area contributed by atoms with Crippen molar-refractivity contribution >= 4 is 12.2 Å². The van der Waals surface area contributed by atoms with Gasteiger partial charge in [0.25, 0.3) is 0 Å². The summed E-state index contributed by atoms with van der Waals surface area (Å²) >= 11 is 0. The molecule has 0 N–H and O–H groups in total. The maximum Gasteiger partial charge on any atom is 0.116 e. The van der Waals surface area contributed by atoms with Crippen LogP contribution in [0.2, 0.25) is 0 Å². The Hall–Kier alpha value is -2.74. The summed E-state index contributed by atoms with van der Waals surface area (Å²) in [6.07, 6.45) is 7.54. The van der Waals surface area contributed by atoms with Crippen LogP contribution in [0.1, 0.15) is 11.1 Å². The monoisotopic (exact) mass is 258 g/mol. The van der Waals surface area contributed by atoms with Gasteiger partial charge >= 0.3 is 0 Å². The molecule has 1 aromatic heterocycles. The molecule has 20 heavy (non-hydrogen) atoms. The van der Waals surface area contributed by atoms with Crippen molar-refractivity contribution in [2.75, 3.05) is 0 Å². The van der Waals surface area contributed by atoms with Crippen molar-refractivity contribution in [1.82, 2.24) is 9.97 Å². The number of hydrogen-bond donors (Lipinski definition) is 0. The minimum Gasteiger partial charge on any atom is -0.245 e. The second kappa shape index (κ2) is 5.93. The van der Waals surface area contributed by atoms with E-state index in [1.165, 1.54) is 11.1 Å². The summed E-state index contributed by atoms with van der Waals surface area (Å²) in [6, 6.07) is 20.5. The molecule has 0 aliphatic rings. The average molecular weight is 258 g/mol. The van der Waals surface area contributed by atoms with Crippen LogP contribution in [0.15, 0.2) is 73.2 Å². The fraction of sp³-hybridized carbons (Fsp3) is 0. The molecule has 96 valence electrons. The van der Waals surface area contributed by atoms with E-state index in [0.29, 0.717) is 0 Å². The molecule has 0 saturated heterocycles. The number of aromatic nitrogens is 2. The highest BCUT2D eigenvalue weighted by Gasteiger charge is 1.97. The molecular formula is C18H14N2. The molecule has 1 heterocycles. The lowest BCUT2D eigenvalue weighted by Crippen LogP contribution is -1.83. The highest BCUT2D eigenvalue weighted by Crippen LogP contribution is 2.17. The summed E-state index contributed by atoms with van der Waals surface area (Å²) in [7, 11) is 0. The second-order valence-corrected chi connectivity index (χ2v) is 4.46. The number of rotatable bonds is 3. The number of nitrogens with zero attached hydrogens (tertiary/aromatic N) is 2. The summed E-state index contributed by atoms with van der Waals surface area (Å²) in [5, 5.41) is 0. The normalized spacial score (nSPS) is 10.8. The second-order valence-electron chi connectivity index (χ2n) is 4.46. The Morgan fingerprint density at radius 2 is 1.40 bits per heavy atom. The molecule has 0 atom stereocenters. The molecule has 0 unspecified atom stereocenters. The Morgan fingerprint density at radius 1 is 0.700 bits per heavy atom. The third-order valence-electron chi connectivity index (χ3n) is 3.06. The summed E-state index contributed by atoms with van der Waals surface area (Å²) in [4.78, 5) is 8.17. The molecular weight excluding hydrogens is 244 g/mol. The van der Waals surface area contributed by atoms with Crippen molar-refractivity contribution in [3.05, 3.63) is 84.3 Å². The van der Waals surface area contributed by atoms with E-state index in [1.807, 2.05) is 24.3 Å². The maximum atomic E-state index is 4.24. The SMILES string of the molecule is C(=C\c1ccc(-c2ccncn2)cc1)/c1ccccc1. The van der Waals surface area contributed by atoms with Gasteiger partial charge in [0.15, 0.2) is 0 Å². The average Bonchev–Trinajstić information content (AvgIpc) is 2.55. The third kappa shape index (κ3) is 2.98. The Balaban J connectivity index is 1.79. The van der Waals surface area contributed by atoms with Gasteiger partial charge < -0.3 is 0 Å². The van der Waals surface area contributed by atoms with E-state index in [1.54, 1.807) is 12.5 Å². The zero-order valence-corrected chi connectivity index (χ0v) is 11.0. The highest BCUT2D eigenvalue weighted by atomic mass is 14.8. The predicted octanol–water partition coefficient (Wildman–Crippen LogP) is 4.31. The van der Waals surface area contributed by atoms with E-state index in [0.717, 1.165) is 11.3 Å². The Bertz CT molecular complexity index is 687. The third-order valence-corrected chi connectivity index (χ3v) is 3.06. The standard InChI is InChI=1S/C18H14N2/c1-2-4-15(5-3-1)6-7-16-8-10-17(11-9-16)18-12-13-19-14-20-18/h1-14H/b7-6+. The Kier molecular flexibility index (Phi) is 3.65. The van der Waals surface area contributed by atoms with Crippen LogP contribution in [0, 0.1) is 0 Å². The van der Waals surface area contributed by atoms with Gasteiger partial charge in [-0.05, 0) is 17.2 Å². The van der Waals surface area contributed by atoms with Crippen LogP contribution in [0.25, 0.3) is 23.4 Å². The number of hydrogen-bond acceptors (Lipinski definition) is 2. The molecule has 2 aromatic carbocycles. The van der Waals surface area contributed by atoms with E-state index in [9.17, 15) is 0 Å². The molecule has 3 rings (SSSR count). The van der Waals surface area contributed by atoms with Crippen LogP contribution >= 0.6 is 0 Å². The smallest absolute Gasteiger partial charge is 0.116 e. The maximum absolute atomic E-state index is 4.24. The van der Waals surface area contributed by atoms with Crippen LogP contribution < -0.4 is 0 Å². The lowest BCUT2D eigenvalue weighted by molar-refractivity contribution is 1.17. The molecule has 0 bridgehead atoms. The van der Waals surface area contributed by atoms with Gasteiger partial charge in [0.1, 0.15) is 6.33 Å². The van der Waals surface area contributed by atoms with Gasteiger partial charge in [-0.3, -0.25) is 0 Å². The first-order valence-electron chi connectivity index (χ1n) is 6.51. The molecule has 3 aromatic rings. The van der Waals surface area contributed by atoms with E-state index in [4.69, 9.17) is 0 Å². The van der Waals surface area contributed by atoms with Crippen LogP contribution in [-0.4, -0.2) is 9.97 Å². The van der Waals surface area contributed by atoms with Gasteiger partial charge in [0.2, 0.25) is 0 Å². The summed E-state index contributed by atoms with van der Waals surface area (Å²) < 4.78 is 0. The zero-order valence-electron chi connectivity index (χ0n) is 11.0. The van der Waals surface area contributed by atoms with Gasteiger partial charge in [-0.1, -0.05) is 66.7 Å². The van der Waals surface area contributed by atoms with Crippen LogP contribution in [0.3, 0.4) is 0 Å². The fourth-order valence-corrected chi connectivity index (χ4v) is 1.98. The van der Waals surface area contributed by atoms with Gasteiger partial charge in [-0.2, -0.15) is 0 Å². The Morgan fingerprint density at radius 3 is 2.05 bits per heavy atom. The van der Waals surface area contributed by atoms with Gasteiger partial charge in [0, 0.05) is 11.8 Å². The fourth-order valence-electron chi connectivity index (χ4n) is 1.98. The minimum absolute atomic E-state index is 0.943. The van der Waals surface area contributed by atoms with E-state index in [2.05, 4.69) is 58.5 Å². The van der Waals surface area contributed by atoms with Gasteiger partial charge in [-0.15, -0.1) is 0 Å². The van der Waals surface area contributed by atoms with Crippen LogP contribution in [0.4, 0.5) is 0 Å². The first kappa shape index (κ1) is 12.3. The van der Waals surface area contributed by atoms with Crippen molar-refractivity contribution in [3.63, 3.8) is 0 Å².